The summed E-state index contributed by atoms with van der Waals surface area (Å²) in [5.74, 6) is -0.321. The Labute approximate surface area is 108 Å². The van der Waals surface area contributed by atoms with Crippen molar-refractivity contribution in [2.24, 2.45) is 0 Å². The highest BCUT2D eigenvalue weighted by Crippen LogP contribution is 2.21. The zero-order valence-corrected chi connectivity index (χ0v) is 10.5. The number of H-pyrrole nitrogens is 1. The number of halogens is 1. The van der Waals surface area contributed by atoms with Crippen molar-refractivity contribution >= 4 is 23.4 Å². The summed E-state index contributed by atoms with van der Waals surface area (Å²) < 4.78 is 15.9. The molecule has 0 radical (unpaired) electrons. The largest absolute Gasteiger partial charge is 0.329 e. The lowest BCUT2D eigenvalue weighted by atomic mass is 10.2. The topological polar surface area (TPSA) is 33.6 Å². The fourth-order valence-electron chi connectivity index (χ4n) is 1.98. The van der Waals surface area contributed by atoms with E-state index in [1.807, 2.05) is 13.0 Å². The Morgan fingerprint density at radius 1 is 1.28 bits per heavy atom. The molecule has 3 nitrogen and oxygen atoms in total. The minimum atomic E-state index is -0.321. The SMILES string of the molecule is Cc1ccnc2c1[nH]c(=S)n2-c1ccccc1F. The maximum Gasteiger partial charge on any atom is 0.184 e. The molecule has 0 fully saturated rings. The summed E-state index contributed by atoms with van der Waals surface area (Å²) in [5.41, 5.74) is 2.92. The van der Waals surface area contributed by atoms with Crippen LogP contribution in [0.1, 0.15) is 5.56 Å². The second-order valence-electron chi connectivity index (χ2n) is 4.04. The third-order valence-corrected chi connectivity index (χ3v) is 3.16. The molecule has 0 aliphatic rings. The molecule has 0 unspecified atom stereocenters. The van der Waals surface area contributed by atoms with Gasteiger partial charge in [0.15, 0.2) is 10.4 Å². The number of hydrogen-bond acceptors (Lipinski definition) is 2. The van der Waals surface area contributed by atoms with Crippen molar-refractivity contribution in [2.45, 2.75) is 6.92 Å². The smallest absolute Gasteiger partial charge is 0.184 e. The number of nitrogens with one attached hydrogen (secondary N) is 1. The first-order valence-electron chi connectivity index (χ1n) is 5.50. The van der Waals surface area contributed by atoms with Crippen LogP contribution in [0.3, 0.4) is 0 Å². The minimum Gasteiger partial charge on any atom is -0.329 e. The van der Waals surface area contributed by atoms with E-state index in [2.05, 4.69) is 9.97 Å². The van der Waals surface area contributed by atoms with Gasteiger partial charge in [0.1, 0.15) is 5.82 Å². The number of para-hydroxylation sites is 1. The lowest BCUT2D eigenvalue weighted by Gasteiger charge is -2.04. The zero-order chi connectivity index (χ0) is 12.7. The molecular weight excluding hydrogens is 249 g/mol. The molecule has 0 amide bonds. The fraction of sp³-hybridized carbons (Fsp3) is 0.0769. The first-order valence-corrected chi connectivity index (χ1v) is 5.90. The van der Waals surface area contributed by atoms with Crippen molar-refractivity contribution in [3.63, 3.8) is 0 Å². The molecule has 0 aliphatic carbocycles. The summed E-state index contributed by atoms with van der Waals surface area (Å²) in [5, 5.41) is 0. The number of pyridine rings is 1. The summed E-state index contributed by atoms with van der Waals surface area (Å²) >= 11 is 5.25. The van der Waals surface area contributed by atoms with E-state index >= 15 is 0 Å². The molecule has 0 atom stereocenters. The average molecular weight is 259 g/mol. The predicted octanol–water partition coefficient (Wildman–Crippen LogP) is 3.53. The number of fused-ring (bicyclic) bond motifs is 1. The molecule has 18 heavy (non-hydrogen) atoms. The highest BCUT2D eigenvalue weighted by atomic mass is 32.1. The number of hydrogen-bond donors (Lipinski definition) is 1. The van der Waals surface area contributed by atoms with Gasteiger partial charge < -0.3 is 4.98 Å². The summed E-state index contributed by atoms with van der Waals surface area (Å²) in [7, 11) is 0. The second kappa shape index (κ2) is 4.03. The van der Waals surface area contributed by atoms with E-state index in [-0.39, 0.29) is 5.82 Å². The van der Waals surface area contributed by atoms with Gasteiger partial charge in [-0.05, 0) is 42.9 Å². The average Bonchev–Trinajstić information content (AvgIpc) is 2.68. The number of aromatic nitrogens is 3. The van der Waals surface area contributed by atoms with Crippen molar-refractivity contribution in [1.82, 2.24) is 14.5 Å². The molecule has 1 N–H and O–H groups in total. The van der Waals surface area contributed by atoms with E-state index in [1.54, 1.807) is 29.0 Å². The van der Waals surface area contributed by atoms with Gasteiger partial charge in [-0.1, -0.05) is 12.1 Å². The molecule has 3 rings (SSSR count). The van der Waals surface area contributed by atoms with Gasteiger partial charge in [0, 0.05) is 6.20 Å². The van der Waals surface area contributed by atoms with Crippen molar-refractivity contribution < 1.29 is 4.39 Å². The Hall–Kier alpha value is -2.01. The van der Waals surface area contributed by atoms with Crippen molar-refractivity contribution in [2.75, 3.05) is 0 Å². The number of aryl methyl sites for hydroxylation is 1. The van der Waals surface area contributed by atoms with Gasteiger partial charge in [0.05, 0.1) is 11.2 Å². The molecule has 3 aromatic rings. The number of imidazole rings is 1. The molecule has 0 saturated carbocycles. The normalized spacial score (nSPS) is 11.0. The molecule has 0 bridgehead atoms. The van der Waals surface area contributed by atoms with Crippen LogP contribution in [0.15, 0.2) is 36.5 Å². The van der Waals surface area contributed by atoms with E-state index in [0.29, 0.717) is 16.1 Å². The number of benzene rings is 1. The number of rotatable bonds is 1. The van der Waals surface area contributed by atoms with E-state index in [9.17, 15) is 4.39 Å². The van der Waals surface area contributed by atoms with Gasteiger partial charge >= 0.3 is 0 Å². The molecule has 2 heterocycles. The molecule has 0 saturated heterocycles. The molecule has 1 aromatic carbocycles. The van der Waals surface area contributed by atoms with Gasteiger partial charge in [-0.15, -0.1) is 0 Å². The Balaban J connectivity index is 2.44. The van der Waals surface area contributed by atoms with E-state index in [1.165, 1.54) is 6.07 Å². The van der Waals surface area contributed by atoms with Crippen LogP contribution >= 0.6 is 12.2 Å². The molecule has 2 aromatic heterocycles. The summed E-state index contributed by atoms with van der Waals surface area (Å²) in [6.45, 7) is 1.96. The lowest BCUT2D eigenvalue weighted by molar-refractivity contribution is 0.618. The van der Waals surface area contributed by atoms with Crippen LogP contribution in [0.25, 0.3) is 16.9 Å². The second-order valence-corrected chi connectivity index (χ2v) is 4.43. The van der Waals surface area contributed by atoms with Gasteiger partial charge in [-0.2, -0.15) is 0 Å². The van der Waals surface area contributed by atoms with Crippen LogP contribution in [0, 0.1) is 17.5 Å². The van der Waals surface area contributed by atoms with Crippen molar-refractivity contribution in [3.8, 4) is 5.69 Å². The quantitative estimate of drug-likeness (QED) is 0.678. The molecule has 5 heteroatoms. The summed E-state index contributed by atoms with van der Waals surface area (Å²) in [6, 6.07) is 8.40. The van der Waals surface area contributed by atoms with Gasteiger partial charge in [0.25, 0.3) is 0 Å². The van der Waals surface area contributed by atoms with Crippen LogP contribution in [0.2, 0.25) is 0 Å². The Kier molecular flexibility index (Phi) is 2.48. The lowest BCUT2D eigenvalue weighted by Crippen LogP contribution is -1.98. The highest BCUT2D eigenvalue weighted by Gasteiger charge is 2.11. The maximum atomic E-state index is 13.9. The van der Waals surface area contributed by atoms with E-state index in [0.717, 1.165) is 11.1 Å². The van der Waals surface area contributed by atoms with Crippen LogP contribution in [-0.2, 0) is 0 Å². The van der Waals surface area contributed by atoms with Crippen molar-refractivity contribution in [3.05, 3.63) is 52.7 Å². The number of nitrogens with zero attached hydrogens (tertiary/aromatic N) is 2. The first-order chi connectivity index (χ1) is 8.68. The Bertz CT molecular complexity index is 788. The summed E-state index contributed by atoms with van der Waals surface area (Å²) in [4.78, 5) is 7.35. The Morgan fingerprint density at radius 3 is 2.83 bits per heavy atom. The van der Waals surface area contributed by atoms with Crippen LogP contribution in [0.5, 0.6) is 0 Å². The van der Waals surface area contributed by atoms with Gasteiger partial charge in [-0.3, -0.25) is 4.57 Å². The molecule has 0 aliphatic heterocycles. The highest BCUT2D eigenvalue weighted by molar-refractivity contribution is 7.71. The minimum absolute atomic E-state index is 0.321. The monoisotopic (exact) mass is 259 g/mol. The predicted molar refractivity (Wildman–Crippen MR) is 70.9 cm³/mol. The summed E-state index contributed by atoms with van der Waals surface area (Å²) in [6.07, 6.45) is 1.69. The third kappa shape index (κ3) is 1.55. The molecule has 0 spiro atoms. The van der Waals surface area contributed by atoms with Crippen LogP contribution < -0.4 is 0 Å². The first kappa shape index (κ1) is 11.1. The van der Waals surface area contributed by atoms with Gasteiger partial charge in [0.2, 0.25) is 0 Å². The van der Waals surface area contributed by atoms with Crippen LogP contribution in [0.4, 0.5) is 4.39 Å². The van der Waals surface area contributed by atoms with Gasteiger partial charge in [-0.25, -0.2) is 9.37 Å². The Morgan fingerprint density at radius 2 is 2.06 bits per heavy atom. The zero-order valence-electron chi connectivity index (χ0n) is 9.64. The van der Waals surface area contributed by atoms with E-state index in [4.69, 9.17) is 12.2 Å². The van der Waals surface area contributed by atoms with Crippen LogP contribution in [-0.4, -0.2) is 14.5 Å². The molecular formula is C13H10FN3S. The van der Waals surface area contributed by atoms with E-state index < -0.39 is 0 Å². The molecule has 90 valence electrons. The standard InChI is InChI=1S/C13H10FN3S/c1-8-6-7-15-12-11(8)16-13(18)17(12)10-5-3-2-4-9(10)14/h2-7H,1H3,(H,16,18). The van der Waals surface area contributed by atoms with Crippen molar-refractivity contribution in [1.29, 1.82) is 0 Å². The maximum absolute atomic E-state index is 13.9. The number of aromatic amines is 1. The third-order valence-electron chi connectivity index (χ3n) is 2.88. The fourth-order valence-corrected chi connectivity index (χ4v) is 2.27.